The summed E-state index contributed by atoms with van der Waals surface area (Å²) >= 11 is 0. The summed E-state index contributed by atoms with van der Waals surface area (Å²) in [6.45, 7) is 10.7. The standard InChI is InChI=1S/C22H29BO2/c1-17-11-9-10-14-19(17)20(16-15-18-12-7-6-8-13-18)23-24-21(2,3)22(4,5)25-23/h6-14,20H,15-16H2,1-5H3. The molecule has 2 aromatic carbocycles. The van der Waals surface area contributed by atoms with Crippen LogP contribution in [0.4, 0.5) is 0 Å². The van der Waals surface area contributed by atoms with Crippen LogP contribution >= 0.6 is 0 Å². The van der Waals surface area contributed by atoms with Crippen molar-refractivity contribution in [3.8, 4) is 0 Å². The number of rotatable bonds is 5. The smallest absolute Gasteiger partial charge is 0.403 e. The van der Waals surface area contributed by atoms with E-state index in [1.54, 1.807) is 0 Å². The van der Waals surface area contributed by atoms with E-state index in [-0.39, 0.29) is 24.1 Å². The third-order valence-electron chi connectivity index (χ3n) is 5.77. The Morgan fingerprint density at radius 1 is 0.840 bits per heavy atom. The molecule has 0 bridgehead atoms. The lowest BCUT2D eigenvalue weighted by Gasteiger charge is -2.32. The van der Waals surface area contributed by atoms with Gasteiger partial charge in [-0.05, 0) is 64.2 Å². The maximum Gasteiger partial charge on any atom is 0.465 e. The van der Waals surface area contributed by atoms with Crippen LogP contribution in [0.5, 0.6) is 0 Å². The zero-order chi connectivity index (χ0) is 18.1. The molecule has 0 radical (unpaired) electrons. The predicted octanol–water partition coefficient (Wildman–Crippen LogP) is 5.34. The summed E-state index contributed by atoms with van der Waals surface area (Å²) in [5, 5.41) is 0. The molecule has 0 aromatic heterocycles. The van der Waals surface area contributed by atoms with Gasteiger partial charge in [0.05, 0.1) is 11.2 Å². The first-order valence-corrected chi connectivity index (χ1v) is 9.25. The lowest BCUT2D eigenvalue weighted by atomic mass is 9.64. The fourth-order valence-corrected chi connectivity index (χ4v) is 3.46. The molecule has 1 heterocycles. The molecule has 1 unspecified atom stereocenters. The van der Waals surface area contributed by atoms with E-state index in [1.807, 2.05) is 0 Å². The molecule has 25 heavy (non-hydrogen) atoms. The molecule has 0 aliphatic carbocycles. The van der Waals surface area contributed by atoms with E-state index in [0.717, 1.165) is 12.8 Å². The number of aryl methyl sites for hydroxylation is 2. The van der Waals surface area contributed by atoms with Crippen LogP contribution in [-0.4, -0.2) is 18.3 Å². The molecule has 2 aromatic rings. The van der Waals surface area contributed by atoms with Gasteiger partial charge in [-0.25, -0.2) is 0 Å². The van der Waals surface area contributed by atoms with Crippen molar-refractivity contribution in [1.82, 2.24) is 0 Å². The molecule has 132 valence electrons. The van der Waals surface area contributed by atoms with Gasteiger partial charge in [-0.2, -0.15) is 0 Å². The summed E-state index contributed by atoms with van der Waals surface area (Å²) in [5.41, 5.74) is 3.39. The monoisotopic (exact) mass is 336 g/mol. The highest BCUT2D eigenvalue weighted by atomic mass is 16.7. The van der Waals surface area contributed by atoms with Crippen molar-refractivity contribution in [3.63, 3.8) is 0 Å². The third kappa shape index (κ3) is 3.83. The molecule has 1 saturated heterocycles. The van der Waals surface area contributed by atoms with Gasteiger partial charge in [0.15, 0.2) is 0 Å². The highest BCUT2D eigenvalue weighted by Gasteiger charge is 2.53. The van der Waals surface area contributed by atoms with Crippen molar-refractivity contribution in [1.29, 1.82) is 0 Å². The summed E-state index contributed by atoms with van der Waals surface area (Å²) in [6.07, 6.45) is 2.02. The summed E-state index contributed by atoms with van der Waals surface area (Å²) < 4.78 is 12.8. The van der Waals surface area contributed by atoms with Crippen LogP contribution < -0.4 is 0 Å². The van der Waals surface area contributed by atoms with E-state index in [4.69, 9.17) is 9.31 Å². The van der Waals surface area contributed by atoms with E-state index in [1.165, 1.54) is 16.7 Å². The van der Waals surface area contributed by atoms with Crippen molar-refractivity contribution in [3.05, 3.63) is 71.3 Å². The topological polar surface area (TPSA) is 18.5 Å². The summed E-state index contributed by atoms with van der Waals surface area (Å²) in [5.74, 6) is 0.224. The Balaban J connectivity index is 1.86. The van der Waals surface area contributed by atoms with Gasteiger partial charge < -0.3 is 9.31 Å². The van der Waals surface area contributed by atoms with E-state index in [9.17, 15) is 0 Å². The van der Waals surface area contributed by atoms with Crippen molar-refractivity contribution in [2.45, 2.75) is 64.5 Å². The molecule has 3 heteroatoms. The zero-order valence-electron chi connectivity index (χ0n) is 16.1. The van der Waals surface area contributed by atoms with Gasteiger partial charge in [0.25, 0.3) is 0 Å². The van der Waals surface area contributed by atoms with Gasteiger partial charge in [0, 0.05) is 5.82 Å². The minimum Gasteiger partial charge on any atom is -0.403 e. The lowest BCUT2D eigenvalue weighted by Crippen LogP contribution is -2.41. The Morgan fingerprint density at radius 2 is 1.40 bits per heavy atom. The van der Waals surface area contributed by atoms with Gasteiger partial charge >= 0.3 is 7.12 Å². The molecule has 0 saturated carbocycles. The van der Waals surface area contributed by atoms with Crippen molar-refractivity contribution in [2.24, 2.45) is 0 Å². The van der Waals surface area contributed by atoms with Crippen LogP contribution in [0.2, 0.25) is 0 Å². The first kappa shape index (κ1) is 18.2. The van der Waals surface area contributed by atoms with Crippen LogP contribution in [0, 0.1) is 6.92 Å². The lowest BCUT2D eigenvalue weighted by molar-refractivity contribution is 0.00578. The van der Waals surface area contributed by atoms with Crippen LogP contribution in [0.1, 0.15) is 56.6 Å². The van der Waals surface area contributed by atoms with Gasteiger partial charge in [-0.15, -0.1) is 0 Å². The Labute approximate surface area is 152 Å². The first-order valence-electron chi connectivity index (χ1n) is 9.25. The SMILES string of the molecule is Cc1ccccc1C(CCc1ccccc1)B1OC(C)(C)C(C)(C)O1. The molecule has 0 amide bonds. The summed E-state index contributed by atoms with van der Waals surface area (Å²) in [6, 6.07) is 19.3. The molecule has 2 nitrogen and oxygen atoms in total. The number of benzene rings is 2. The Kier molecular flexibility index (Phi) is 5.08. The minimum atomic E-state index is -0.300. The number of hydrogen-bond acceptors (Lipinski definition) is 2. The molecular formula is C22H29BO2. The van der Waals surface area contributed by atoms with E-state index >= 15 is 0 Å². The van der Waals surface area contributed by atoms with Crippen molar-refractivity contribution in [2.75, 3.05) is 0 Å². The van der Waals surface area contributed by atoms with E-state index in [0.29, 0.717) is 0 Å². The normalized spacial score (nSPS) is 19.8. The quantitative estimate of drug-likeness (QED) is 0.686. The maximum absolute atomic E-state index is 6.40. The van der Waals surface area contributed by atoms with Crippen LogP contribution in [-0.2, 0) is 15.7 Å². The van der Waals surface area contributed by atoms with Crippen LogP contribution in [0.25, 0.3) is 0 Å². The van der Waals surface area contributed by atoms with Crippen LogP contribution in [0.3, 0.4) is 0 Å². The fraction of sp³-hybridized carbons (Fsp3) is 0.455. The molecule has 3 rings (SSSR count). The van der Waals surface area contributed by atoms with Crippen molar-refractivity contribution < 1.29 is 9.31 Å². The third-order valence-corrected chi connectivity index (χ3v) is 5.77. The van der Waals surface area contributed by atoms with Crippen molar-refractivity contribution >= 4 is 7.12 Å². The van der Waals surface area contributed by atoms with Gasteiger partial charge in [-0.3, -0.25) is 0 Å². The minimum absolute atomic E-state index is 0.213. The molecule has 1 aliphatic rings. The highest BCUT2D eigenvalue weighted by molar-refractivity contribution is 6.47. The van der Waals surface area contributed by atoms with Crippen LogP contribution in [0.15, 0.2) is 54.6 Å². The second kappa shape index (κ2) is 6.97. The maximum atomic E-state index is 6.40. The molecule has 1 aliphatic heterocycles. The Bertz CT molecular complexity index is 693. The van der Waals surface area contributed by atoms with Gasteiger partial charge in [0.1, 0.15) is 0 Å². The first-order chi connectivity index (χ1) is 11.8. The fourth-order valence-electron chi connectivity index (χ4n) is 3.46. The largest absolute Gasteiger partial charge is 0.465 e. The predicted molar refractivity (Wildman–Crippen MR) is 105 cm³/mol. The van der Waals surface area contributed by atoms with Gasteiger partial charge in [0.2, 0.25) is 0 Å². The van der Waals surface area contributed by atoms with Gasteiger partial charge in [-0.1, -0.05) is 54.6 Å². The Morgan fingerprint density at radius 3 is 2.00 bits per heavy atom. The molecule has 0 N–H and O–H groups in total. The molecule has 1 atom stereocenters. The van der Waals surface area contributed by atoms with E-state index < -0.39 is 0 Å². The molecule has 0 spiro atoms. The number of hydrogen-bond donors (Lipinski definition) is 0. The molecule has 1 fully saturated rings. The summed E-state index contributed by atoms with van der Waals surface area (Å²) in [4.78, 5) is 0. The average Bonchev–Trinajstić information content (AvgIpc) is 2.78. The second-order valence-corrected chi connectivity index (χ2v) is 8.11. The zero-order valence-corrected chi connectivity index (χ0v) is 16.1. The summed E-state index contributed by atoms with van der Waals surface area (Å²) in [7, 11) is -0.213. The second-order valence-electron chi connectivity index (χ2n) is 8.11. The average molecular weight is 336 g/mol. The molecular weight excluding hydrogens is 307 g/mol. The van der Waals surface area contributed by atoms with E-state index in [2.05, 4.69) is 89.2 Å². The highest BCUT2D eigenvalue weighted by Crippen LogP contribution is 2.42. The Hall–Kier alpha value is -1.58.